The Balaban J connectivity index is 0.00000529. The van der Waals surface area contributed by atoms with Gasteiger partial charge in [0, 0.05) is 18.6 Å². The van der Waals surface area contributed by atoms with Gasteiger partial charge in [0.05, 0.1) is 19.6 Å². The van der Waals surface area contributed by atoms with Crippen LogP contribution in [0.3, 0.4) is 0 Å². The molecular weight excluding hydrogens is 445 g/mol. The zero-order valence-electron chi connectivity index (χ0n) is 14.3. The standard InChI is InChI=1S/C16H24ClN3O3.HI/c1-11(15(21)22-4)9-19-16(18-3)20-10-12(2)23-14-7-5-13(17)6-8-14;/h5-8,11-12H,9-10H2,1-4H3,(H2,18,19,20);1H. The van der Waals surface area contributed by atoms with Gasteiger partial charge in [-0.25, -0.2) is 0 Å². The summed E-state index contributed by atoms with van der Waals surface area (Å²) in [6, 6.07) is 7.21. The smallest absolute Gasteiger partial charge is 0.310 e. The minimum Gasteiger partial charge on any atom is -0.489 e. The third-order valence-electron chi connectivity index (χ3n) is 3.11. The molecule has 0 amide bonds. The average Bonchev–Trinajstić information content (AvgIpc) is 2.56. The minimum atomic E-state index is -0.257. The van der Waals surface area contributed by atoms with E-state index in [1.807, 2.05) is 19.1 Å². The molecule has 24 heavy (non-hydrogen) atoms. The maximum Gasteiger partial charge on any atom is 0.310 e. The van der Waals surface area contributed by atoms with Crippen molar-refractivity contribution in [3.63, 3.8) is 0 Å². The van der Waals surface area contributed by atoms with E-state index in [9.17, 15) is 4.79 Å². The molecule has 0 fully saturated rings. The van der Waals surface area contributed by atoms with Crippen molar-refractivity contribution in [2.75, 3.05) is 27.2 Å². The Kier molecular flexibility index (Phi) is 11.6. The van der Waals surface area contributed by atoms with Gasteiger partial charge in [0.15, 0.2) is 5.96 Å². The first-order valence-corrected chi connectivity index (χ1v) is 7.78. The van der Waals surface area contributed by atoms with Gasteiger partial charge in [-0.05, 0) is 31.2 Å². The maximum absolute atomic E-state index is 11.4. The summed E-state index contributed by atoms with van der Waals surface area (Å²) in [7, 11) is 3.05. The first kappa shape index (κ1) is 22.8. The first-order chi connectivity index (χ1) is 11.0. The quantitative estimate of drug-likeness (QED) is 0.278. The van der Waals surface area contributed by atoms with E-state index >= 15 is 0 Å². The van der Waals surface area contributed by atoms with Crippen LogP contribution in [0.4, 0.5) is 0 Å². The summed E-state index contributed by atoms with van der Waals surface area (Å²) in [4.78, 5) is 15.5. The maximum atomic E-state index is 11.4. The summed E-state index contributed by atoms with van der Waals surface area (Å²) in [5.74, 6) is 0.854. The molecule has 0 heterocycles. The molecule has 2 unspecified atom stereocenters. The molecule has 1 rings (SSSR count). The van der Waals surface area contributed by atoms with Gasteiger partial charge < -0.3 is 20.1 Å². The number of aliphatic imine (C=N–C) groups is 1. The van der Waals surface area contributed by atoms with Crippen molar-refractivity contribution in [1.29, 1.82) is 0 Å². The van der Waals surface area contributed by atoms with E-state index in [0.29, 0.717) is 24.1 Å². The molecule has 0 saturated carbocycles. The summed E-state index contributed by atoms with van der Waals surface area (Å²) in [5.41, 5.74) is 0. The molecule has 8 heteroatoms. The Morgan fingerprint density at radius 2 is 1.79 bits per heavy atom. The number of carbonyl (C=O) groups is 1. The molecule has 0 bridgehead atoms. The zero-order chi connectivity index (χ0) is 17.2. The fourth-order valence-electron chi connectivity index (χ4n) is 1.78. The third-order valence-corrected chi connectivity index (χ3v) is 3.36. The van der Waals surface area contributed by atoms with Crippen LogP contribution in [0.25, 0.3) is 0 Å². The highest BCUT2D eigenvalue weighted by Crippen LogP contribution is 2.16. The number of nitrogens with zero attached hydrogens (tertiary/aromatic N) is 1. The number of esters is 1. The Morgan fingerprint density at radius 3 is 2.33 bits per heavy atom. The van der Waals surface area contributed by atoms with Crippen molar-refractivity contribution >= 4 is 47.5 Å². The summed E-state index contributed by atoms with van der Waals surface area (Å²) in [6.07, 6.45) is -0.0623. The highest BCUT2D eigenvalue weighted by atomic mass is 127. The van der Waals surface area contributed by atoms with Gasteiger partial charge in [-0.3, -0.25) is 9.79 Å². The lowest BCUT2D eigenvalue weighted by Crippen LogP contribution is -2.44. The highest BCUT2D eigenvalue weighted by Gasteiger charge is 2.13. The summed E-state index contributed by atoms with van der Waals surface area (Å²) in [5, 5.41) is 6.90. The molecule has 0 aliphatic carbocycles. The van der Waals surface area contributed by atoms with Gasteiger partial charge in [-0.2, -0.15) is 0 Å². The van der Waals surface area contributed by atoms with Crippen molar-refractivity contribution in [2.45, 2.75) is 20.0 Å². The number of guanidine groups is 1. The Bertz CT molecular complexity index is 526. The van der Waals surface area contributed by atoms with Crippen LogP contribution in [0.1, 0.15) is 13.8 Å². The highest BCUT2D eigenvalue weighted by molar-refractivity contribution is 14.0. The number of carbonyl (C=O) groups excluding carboxylic acids is 1. The fraction of sp³-hybridized carbons (Fsp3) is 0.500. The molecule has 0 aromatic heterocycles. The predicted octanol–water partition coefficient (Wildman–Crippen LogP) is 2.70. The molecule has 136 valence electrons. The van der Waals surface area contributed by atoms with Gasteiger partial charge in [-0.1, -0.05) is 18.5 Å². The van der Waals surface area contributed by atoms with Crippen molar-refractivity contribution in [1.82, 2.24) is 10.6 Å². The third kappa shape index (κ3) is 8.58. The van der Waals surface area contributed by atoms with Crippen molar-refractivity contribution < 1.29 is 14.3 Å². The Hall–Kier alpha value is -1.22. The van der Waals surface area contributed by atoms with E-state index in [4.69, 9.17) is 16.3 Å². The van der Waals surface area contributed by atoms with Crippen LogP contribution in [-0.2, 0) is 9.53 Å². The minimum absolute atomic E-state index is 0. The largest absolute Gasteiger partial charge is 0.489 e. The van der Waals surface area contributed by atoms with Crippen LogP contribution in [0.15, 0.2) is 29.3 Å². The molecule has 2 atom stereocenters. The second kappa shape index (κ2) is 12.2. The van der Waals surface area contributed by atoms with E-state index in [-0.39, 0.29) is 42.0 Å². The van der Waals surface area contributed by atoms with Crippen LogP contribution < -0.4 is 15.4 Å². The summed E-state index contributed by atoms with van der Waals surface area (Å²) in [6.45, 7) is 4.75. The van der Waals surface area contributed by atoms with Gasteiger partial charge in [0.25, 0.3) is 0 Å². The van der Waals surface area contributed by atoms with E-state index in [0.717, 1.165) is 5.75 Å². The number of halogens is 2. The fourth-order valence-corrected chi connectivity index (χ4v) is 1.91. The molecule has 6 nitrogen and oxygen atoms in total. The van der Waals surface area contributed by atoms with Gasteiger partial charge in [0.1, 0.15) is 11.9 Å². The van der Waals surface area contributed by atoms with Crippen molar-refractivity contribution in [2.24, 2.45) is 10.9 Å². The lowest BCUT2D eigenvalue weighted by Gasteiger charge is -2.18. The lowest BCUT2D eigenvalue weighted by molar-refractivity contribution is -0.144. The van der Waals surface area contributed by atoms with E-state index < -0.39 is 0 Å². The second-order valence-corrected chi connectivity index (χ2v) is 5.58. The van der Waals surface area contributed by atoms with Crippen LogP contribution >= 0.6 is 35.6 Å². The molecule has 2 N–H and O–H groups in total. The number of nitrogens with one attached hydrogen (secondary N) is 2. The van der Waals surface area contributed by atoms with Gasteiger partial charge in [0.2, 0.25) is 0 Å². The predicted molar refractivity (Wildman–Crippen MR) is 108 cm³/mol. The van der Waals surface area contributed by atoms with E-state index in [1.165, 1.54) is 7.11 Å². The number of ether oxygens (including phenoxy) is 2. The number of hydrogen-bond acceptors (Lipinski definition) is 4. The van der Waals surface area contributed by atoms with E-state index in [2.05, 4.69) is 20.4 Å². The monoisotopic (exact) mass is 469 g/mol. The molecular formula is C16H25ClIN3O3. The molecule has 0 aliphatic heterocycles. The SMILES string of the molecule is CN=C(NCC(C)Oc1ccc(Cl)cc1)NCC(C)C(=O)OC.I. The van der Waals surface area contributed by atoms with Crippen LogP contribution in [0.2, 0.25) is 5.02 Å². The lowest BCUT2D eigenvalue weighted by atomic mass is 10.2. The topological polar surface area (TPSA) is 72.0 Å². The van der Waals surface area contributed by atoms with Crippen molar-refractivity contribution in [3.8, 4) is 5.75 Å². The first-order valence-electron chi connectivity index (χ1n) is 7.40. The Morgan fingerprint density at radius 1 is 1.21 bits per heavy atom. The number of hydrogen-bond donors (Lipinski definition) is 2. The average molecular weight is 470 g/mol. The molecule has 0 spiro atoms. The van der Waals surface area contributed by atoms with E-state index in [1.54, 1.807) is 26.1 Å². The number of rotatable bonds is 7. The van der Waals surface area contributed by atoms with Crippen LogP contribution in [-0.4, -0.2) is 45.3 Å². The summed E-state index contributed by atoms with van der Waals surface area (Å²) < 4.78 is 10.4. The second-order valence-electron chi connectivity index (χ2n) is 5.14. The van der Waals surface area contributed by atoms with Gasteiger partial charge in [-0.15, -0.1) is 24.0 Å². The molecule has 0 radical (unpaired) electrons. The van der Waals surface area contributed by atoms with Crippen LogP contribution in [0.5, 0.6) is 5.75 Å². The van der Waals surface area contributed by atoms with Crippen molar-refractivity contribution in [3.05, 3.63) is 29.3 Å². The van der Waals surface area contributed by atoms with Gasteiger partial charge >= 0.3 is 5.97 Å². The molecule has 1 aromatic rings. The molecule has 0 saturated heterocycles. The zero-order valence-corrected chi connectivity index (χ0v) is 17.4. The molecule has 1 aromatic carbocycles. The normalized spacial score (nSPS) is 13.3. The summed E-state index contributed by atoms with van der Waals surface area (Å²) >= 11 is 5.84. The Labute approximate surface area is 165 Å². The number of benzene rings is 1. The van der Waals surface area contributed by atoms with Crippen LogP contribution in [0, 0.1) is 5.92 Å². The molecule has 0 aliphatic rings. The number of methoxy groups -OCH3 is 1.